The lowest BCUT2D eigenvalue weighted by Crippen LogP contribution is -2.25. The minimum Gasteiger partial charge on any atom is -0.465 e. The van der Waals surface area contributed by atoms with Crippen LogP contribution in [0.25, 0.3) is 5.57 Å². The van der Waals surface area contributed by atoms with Crippen LogP contribution in [0.15, 0.2) is 23.1 Å². The third-order valence-electron chi connectivity index (χ3n) is 4.43. The van der Waals surface area contributed by atoms with E-state index in [1.165, 1.54) is 18.2 Å². The molecule has 0 aromatic heterocycles. The van der Waals surface area contributed by atoms with Crippen molar-refractivity contribution in [2.75, 3.05) is 18.6 Å². The van der Waals surface area contributed by atoms with Gasteiger partial charge in [0, 0.05) is 5.56 Å². The predicted octanol–water partition coefficient (Wildman–Crippen LogP) is 1.37. The van der Waals surface area contributed by atoms with Crippen molar-refractivity contribution < 1.29 is 31.2 Å². The third kappa shape index (κ3) is 3.70. The lowest BCUT2D eigenvalue weighted by Gasteiger charge is -2.19. The molecule has 0 radical (unpaired) electrons. The molecule has 0 heterocycles. The molecule has 1 aliphatic carbocycles. The van der Waals surface area contributed by atoms with Gasteiger partial charge in [-0.25, -0.2) is 21.6 Å². The molecule has 154 valence electrons. The summed E-state index contributed by atoms with van der Waals surface area (Å²) in [5, 5.41) is -1.67. The number of benzene rings is 1. The Morgan fingerprint density at radius 3 is 2.18 bits per heavy atom. The summed E-state index contributed by atoms with van der Waals surface area (Å²) in [5.41, 5.74) is 4.91. The molecule has 0 saturated carbocycles. The van der Waals surface area contributed by atoms with Gasteiger partial charge in [0.1, 0.15) is 5.25 Å². The molecule has 0 aliphatic heterocycles. The van der Waals surface area contributed by atoms with Gasteiger partial charge >= 0.3 is 5.97 Å². The summed E-state index contributed by atoms with van der Waals surface area (Å²) in [6.07, 6.45) is 0.460. The number of esters is 1. The van der Waals surface area contributed by atoms with Gasteiger partial charge in [0.15, 0.2) is 19.7 Å². The molecule has 1 aliphatic rings. The fraction of sp³-hybridized carbons (Fsp3) is 0.444. The molecule has 28 heavy (non-hydrogen) atoms. The van der Waals surface area contributed by atoms with Crippen LogP contribution in [0.3, 0.4) is 0 Å². The molecule has 1 aromatic rings. The molecule has 8 nitrogen and oxygen atoms in total. The molecule has 1 amide bonds. The molecule has 1 aromatic carbocycles. The fourth-order valence-electron chi connectivity index (χ4n) is 3.43. The van der Waals surface area contributed by atoms with Gasteiger partial charge in [-0.15, -0.1) is 0 Å². The van der Waals surface area contributed by atoms with Gasteiger partial charge in [-0.05, 0) is 30.0 Å². The second-order valence-electron chi connectivity index (χ2n) is 6.43. The summed E-state index contributed by atoms with van der Waals surface area (Å²) < 4.78 is 57.0. The van der Waals surface area contributed by atoms with Crippen LogP contribution in [0.4, 0.5) is 0 Å². The van der Waals surface area contributed by atoms with Crippen LogP contribution in [0.5, 0.6) is 0 Å². The highest BCUT2D eigenvalue weighted by Gasteiger charge is 2.48. The van der Waals surface area contributed by atoms with E-state index in [0.717, 1.165) is 7.11 Å². The normalized spacial score (nSPS) is 16.8. The van der Waals surface area contributed by atoms with E-state index in [0.29, 0.717) is 0 Å². The van der Waals surface area contributed by atoms with Crippen LogP contribution in [0, 0.1) is 0 Å². The van der Waals surface area contributed by atoms with Crippen molar-refractivity contribution in [3.05, 3.63) is 39.8 Å². The molecule has 0 spiro atoms. The van der Waals surface area contributed by atoms with Crippen LogP contribution in [-0.4, -0.2) is 47.3 Å². The second kappa shape index (κ2) is 8.04. The van der Waals surface area contributed by atoms with Gasteiger partial charge in [0.2, 0.25) is 5.91 Å². The average Bonchev–Trinajstić information content (AvgIpc) is 2.97. The van der Waals surface area contributed by atoms with E-state index in [2.05, 4.69) is 0 Å². The summed E-state index contributed by atoms with van der Waals surface area (Å²) in [6, 6.07) is 4.14. The van der Waals surface area contributed by atoms with Crippen molar-refractivity contribution in [3.63, 3.8) is 0 Å². The molecule has 1 atom stereocenters. The molecule has 0 saturated heterocycles. The van der Waals surface area contributed by atoms with Gasteiger partial charge < -0.3 is 10.5 Å². The Bertz CT molecular complexity index is 1050. The summed E-state index contributed by atoms with van der Waals surface area (Å²) in [6.45, 7) is 3.26. The number of amides is 1. The largest absolute Gasteiger partial charge is 0.465 e. The molecule has 0 fully saturated rings. The molecule has 0 unspecified atom stereocenters. The van der Waals surface area contributed by atoms with E-state index in [1.54, 1.807) is 13.8 Å². The fourth-order valence-corrected chi connectivity index (χ4v) is 7.88. The van der Waals surface area contributed by atoms with Crippen molar-refractivity contribution in [3.8, 4) is 0 Å². The maximum atomic E-state index is 13.1. The Kier molecular flexibility index (Phi) is 6.34. The Hall–Kier alpha value is -2.20. The maximum absolute atomic E-state index is 13.1. The quantitative estimate of drug-likeness (QED) is 0.616. The maximum Gasteiger partial charge on any atom is 0.339 e. The van der Waals surface area contributed by atoms with Gasteiger partial charge in [0.05, 0.1) is 29.1 Å². The molecular weight excluding hydrogens is 406 g/mol. The van der Waals surface area contributed by atoms with Gasteiger partial charge in [0.25, 0.3) is 0 Å². The first-order chi connectivity index (χ1) is 13.0. The monoisotopic (exact) mass is 429 g/mol. The van der Waals surface area contributed by atoms with E-state index >= 15 is 0 Å². The number of hydrogen-bond acceptors (Lipinski definition) is 7. The Labute approximate surface area is 164 Å². The van der Waals surface area contributed by atoms with E-state index in [9.17, 15) is 26.4 Å². The highest BCUT2D eigenvalue weighted by atomic mass is 32.2. The Balaban J connectivity index is 3.03. The average molecular weight is 430 g/mol. The van der Waals surface area contributed by atoms with Gasteiger partial charge in [-0.3, -0.25) is 4.79 Å². The van der Waals surface area contributed by atoms with Crippen LogP contribution >= 0.6 is 0 Å². The minimum absolute atomic E-state index is 0.0440. The zero-order valence-electron chi connectivity index (χ0n) is 15.9. The summed E-state index contributed by atoms with van der Waals surface area (Å²) in [5.74, 6) is -2.55. The topological polar surface area (TPSA) is 138 Å². The second-order valence-corrected chi connectivity index (χ2v) is 10.7. The number of carbonyl (C=O) groups excluding carboxylic acids is 2. The van der Waals surface area contributed by atoms with Crippen molar-refractivity contribution in [1.82, 2.24) is 0 Å². The van der Waals surface area contributed by atoms with Gasteiger partial charge in [-0.1, -0.05) is 26.0 Å². The SMILES string of the molecule is CCCS(=O)(=O)C1=C(C(=O)OC)c2cccc(C(N)=O)c2[C@H]1S(=O)(=O)CCC. The van der Waals surface area contributed by atoms with E-state index in [1.807, 2.05) is 0 Å². The molecule has 2 rings (SSSR count). The number of nitrogens with two attached hydrogens (primary N) is 1. The highest BCUT2D eigenvalue weighted by Crippen LogP contribution is 2.49. The Morgan fingerprint density at radius 2 is 1.68 bits per heavy atom. The van der Waals surface area contributed by atoms with Crippen molar-refractivity contribution >= 4 is 37.1 Å². The number of methoxy groups -OCH3 is 1. The van der Waals surface area contributed by atoms with E-state index in [-0.39, 0.29) is 46.6 Å². The molecule has 2 N–H and O–H groups in total. The van der Waals surface area contributed by atoms with Crippen molar-refractivity contribution in [2.45, 2.75) is 31.9 Å². The number of carbonyl (C=O) groups is 2. The van der Waals surface area contributed by atoms with Crippen molar-refractivity contribution in [1.29, 1.82) is 0 Å². The van der Waals surface area contributed by atoms with Gasteiger partial charge in [-0.2, -0.15) is 0 Å². The van der Waals surface area contributed by atoms with Crippen molar-refractivity contribution in [2.24, 2.45) is 5.73 Å². The summed E-state index contributed by atoms with van der Waals surface area (Å²) >= 11 is 0. The van der Waals surface area contributed by atoms with Crippen LogP contribution < -0.4 is 5.73 Å². The standard InChI is InChI=1S/C18H23NO7S2/c1-4-9-27(22,23)15-13-11(7-6-8-12(13)17(19)20)14(18(21)26-3)16(15)28(24,25)10-5-2/h6-8,15H,4-5,9-10H2,1-3H3,(H2,19,20)/t15-/m1/s1. The van der Waals surface area contributed by atoms with E-state index < -0.39 is 41.7 Å². The predicted molar refractivity (Wildman–Crippen MR) is 105 cm³/mol. The molecular formula is C18H23NO7S2. The van der Waals surface area contributed by atoms with Crippen LogP contribution in [0.1, 0.15) is 53.4 Å². The molecule has 10 heteroatoms. The summed E-state index contributed by atoms with van der Waals surface area (Å²) in [7, 11) is -7.11. The Morgan fingerprint density at radius 1 is 1.07 bits per heavy atom. The molecule has 0 bridgehead atoms. The zero-order valence-corrected chi connectivity index (χ0v) is 17.5. The van der Waals surface area contributed by atoms with E-state index in [4.69, 9.17) is 10.5 Å². The summed E-state index contributed by atoms with van der Waals surface area (Å²) in [4.78, 5) is 23.9. The highest BCUT2D eigenvalue weighted by molar-refractivity contribution is 7.98. The minimum atomic E-state index is -4.13. The van der Waals surface area contributed by atoms with Crippen LogP contribution in [0.2, 0.25) is 0 Å². The number of sulfone groups is 2. The number of primary amides is 1. The smallest absolute Gasteiger partial charge is 0.339 e. The van der Waals surface area contributed by atoms with Crippen LogP contribution in [-0.2, 0) is 29.2 Å². The number of hydrogen-bond donors (Lipinski definition) is 1. The first kappa shape index (κ1) is 22.1. The number of ether oxygens (including phenoxy) is 1. The number of fused-ring (bicyclic) bond motifs is 1. The lowest BCUT2D eigenvalue weighted by atomic mass is 9.99. The third-order valence-corrected chi connectivity index (χ3v) is 8.80. The zero-order chi connectivity index (χ0) is 21.3. The number of rotatable bonds is 8. The first-order valence-corrected chi connectivity index (χ1v) is 12.1. The first-order valence-electron chi connectivity index (χ1n) is 8.73. The lowest BCUT2D eigenvalue weighted by molar-refractivity contribution is -0.133.